The smallest absolute Gasteiger partial charge is 0.244 e. The first kappa shape index (κ1) is 17.2. The zero-order valence-corrected chi connectivity index (χ0v) is 14.1. The van der Waals surface area contributed by atoms with Crippen molar-refractivity contribution >= 4 is 19.9 Å². The van der Waals surface area contributed by atoms with Crippen LogP contribution >= 0.6 is 0 Å². The summed E-state index contributed by atoms with van der Waals surface area (Å²) in [4.78, 5) is -0.223. The number of piperidine rings is 1. The molecule has 2 rings (SSSR count). The molecule has 22 heavy (non-hydrogen) atoms. The van der Waals surface area contributed by atoms with Gasteiger partial charge in [0.2, 0.25) is 10.0 Å². The Balaban J connectivity index is 2.39. The van der Waals surface area contributed by atoms with Crippen molar-refractivity contribution in [1.82, 2.24) is 10.0 Å². The lowest BCUT2D eigenvalue weighted by molar-refractivity contribution is 0.399. The SMILES string of the molecule is COc1ccc(S(C)(=O)=O)cc1S(=O)(=O)N[C@H]1CCCNC1. The van der Waals surface area contributed by atoms with Crippen LogP contribution in [0.15, 0.2) is 28.0 Å². The molecule has 1 aliphatic rings. The molecule has 0 amide bonds. The van der Waals surface area contributed by atoms with E-state index in [0.717, 1.165) is 31.7 Å². The Hall–Kier alpha value is -1.16. The average Bonchev–Trinajstić information content (AvgIpc) is 2.46. The van der Waals surface area contributed by atoms with Crippen LogP contribution in [0.3, 0.4) is 0 Å². The van der Waals surface area contributed by atoms with Crippen LogP contribution in [0.1, 0.15) is 12.8 Å². The molecule has 1 atom stereocenters. The van der Waals surface area contributed by atoms with Gasteiger partial charge in [0.05, 0.1) is 12.0 Å². The van der Waals surface area contributed by atoms with E-state index in [9.17, 15) is 16.8 Å². The van der Waals surface area contributed by atoms with E-state index in [0.29, 0.717) is 6.54 Å². The third kappa shape index (κ3) is 3.97. The highest BCUT2D eigenvalue weighted by molar-refractivity contribution is 7.91. The normalized spacial score (nSPS) is 19.8. The first-order chi connectivity index (χ1) is 10.2. The van der Waals surface area contributed by atoms with Gasteiger partial charge in [0, 0.05) is 18.8 Å². The molecule has 9 heteroatoms. The standard InChI is InChI=1S/C13H20N2O5S2/c1-20-12-6-5-11(21(2,16)17)8-13(12)22(18,19)15-10-4-3-7-14-9-10/h5-6,8,10,14-15H,3-4,7,9H2,1-2H3/t10-/m0/s1. The molecule has 1 fully saturated rings. The molecule has 1 aromatic carbocycles. The Morgan fingerprint density at radius 2 is 2.00 bits per heavy atom. The molecule has 124 valence electrons. The van der Waals surface area contributed by atoms with Gasteiger partial charge in [0.15, 0.2) is 9.84 Å². The van der Waals surface area contributed by atoms with Crippen molar-refractivity contribution in [2.45, 2.75) is 28.7 Å². The predicted molar refractivity (Wildman–Crippen MR) is 82.3 cm³/mol. The maximum absolute atomic E-state index is 12.5. The molecule has 0 saturated carbocycles. The van der Waals surface area contributed by atoms with Gasteiger partial charge < -0.3 is 10.1 Å². The van der Waals surface area contributed by atoms with Crippen LogP contribution in [-0.4, -0.2) is 49.3 Å². The fourth-order valence-electron chi connectivity index (χ4n) is 2.33. The molecular weight excluding hydrogens is 328 g/mol. The molecule has 0 unspecified atom stereocenters. The first-order valence-electron chi connectivity index (χ1n) is 6.85. The number of sulfonamides is 1. The molecule has 2 N–H and O–H groups in total. The third-order valence-electron chi connectivity index (χ3n) is 3.47. The Labute approximate surface area is 131 Å². The lowest BCUT2D eigenvalue weighted by Crippen LogP contribution is -2.45. The molecule has 1 aromatic rings. The number of hydrogen-bond donors (Lipinski definition) is 2. The van der Waals surface area contributed by atoms with Crippen molar-refractivity contribution in [3.05, 3.63) is 18.2 Å². The van der Waals surface area contributed by atoms with Gasteiger partial charge in [-0.05, 0) is 37.6 Å². The lowest BCUT2D eigenvalue weighted by atomic mass is 10.1. The van der Waals surface area contributed by atoms with Crippen LogP contribution in [0.4, 0.5) is 0 Å². The fourth-order valence-corrected chi connectivity index (χ4v) is 4.52. The molecule has 0 radical (unpaired) electrons. The second kappa shape index (κ2) is 6.53. The van der Waals surface area contributed by atoms with Gasteiger partial charge in [-0.15, -0.1) is 0 Å². The van der Waals surface area contributed by atoms with Crippen LogP contribution < -0.4 is 14.8 Å². The molecule has 1 aliphatic heterocycles. The fraction of sp³-hybridized carbons (Fsp3) is 0.538. The van der Waals surface area contributed by atoms with Crippen molar-refractivity contribution in [3.63, 3.8) is 0 Å². The number of rotatable bonds is 5. The van der Waals surface area contributed by atoms with Crippen LogP contribution in [0.25, 0.3) is 0 Å². The van der Waals surface area contributed by atoms with Crippen molar-refractivity contribution in [2.24, 2.45) is 0 Å². The minimum Gasteiger partial charge on any atom is -0.495 e. The van der Waals surface area contributed by atoms with Crippen LogP contribution in [-0.2, 0) is 19.9 Å². The first-order valence-corrected chi connectivity index (χ1v) is 10.2. The maximum Gasteiger partial charge on any atom is 0.244 e. The van der Waals surface area contributed by atoms with Gasteiger partial charge in [-0.3, -0.25) is 0 Å². The average molecular weight is 348 g/mol. The largest absolute Gasteiger partial charge is 0.495 e. The van der Waals surface area contributed by atoms with Gasteiger partial charge in [-0.1, -0.05) is 0 Å². The Morgan fingerprint density at radius 3 is 2.55 bits per heavy atom. The van der Waals surface area contributed by atoms with Crippen LogP contribution in [0, 0.1) is 0 Å². The quantitative estimate of drug-likeness (QED) is 0.784. The van der Waals surface area contributed by atoms with Crippen molar-refractivity contribution < 1.29 is 21.6 Å². The molecule has 7 nitrogen and oxygen atoms in total. The molecule has 1 heterocycles. The van der Waals surface area contributed by atoms with E-state index in [-0.39, 0.29) is 21.6 Å². The number of ether oxygens (including phenoxy) is 1. The lowest BCUT2D eigenvalue weighted by Gasteiger charge is -2.24. The summed E-state index contributed by atoms with van der Waals surface area (Å²) in [5.41, 5.74) is 0. The number of benzene rings is 1. The van der Waals surface area contributed by atoms with Gasteiger partial charge in [-0.2, -0.15) is 0 Å². The van der Waals surface area contributed by atoms with Crippen molar-refractivity contribution in [1.29, 1.82) is 0 Å². The maximum atomic E-state index is 12.5. The number of nitrogens with one attached hydrogen (secondary N) is 2. The molecule has 0 aromatic heterocycles. The molecule has 0 aliphatic carbocycles. The van der Waals surface area contributed by atoms with Gasteiger partial charge >= 0.3 is 0 Å². The summed E-state index contributed by atoms with van der Waals surface area (Å²) in [5.74, 6) is 0.115. The van der Waals surface area contributed by atoms with Crippen LogP contribution in [0.2, 0.25) is 0 Å². The summed E-state index contributed by atoms with van der Waals surface area (Å²) in [7, 11) is -6.02. The second-order valence-corrected chi connectivity index (χ2v) is 8.95. The van der Waals surface area contributed by atoms with Crippen molar-refractivity contribution in [2.75, 3.05) is 26.5 Å². The van der Waals surface area contributed by atoms with E-state index >= 15 is 0 Å². The summed E-state index contributed by atoms with van der Waals surface area (Å²) in [5, 5.41) is 3.12. The minimum absolute atomic E-state index is 0.0598. The van der Waals surface area contributed by atoms with E-state index < -0.39 is 19.9 Å². The van der Waals surface area contributed by atoms with E-state index in [4.69, 9.17) is 4.74 Å². The van der Waals surface area contributed by atoms with E-state index in [1.54, 1.807) is 0 Å². The summed E-state index contributed by atoms with van der Waals surface area (Å²) in [6.07, 6.45) is 2.65. The summed E-state index contributed by atoms with van der Waals surface area (Å²) >= 11 is 0. The Morgan fingerprint density at radius 1 is 1.27 bits per heavy atom. The number of sulfone groups is 1. The van der Waals surface area contributed by atoms with Gasteiger partial charge in [0.1, 0.15) is 10.6 Å². The number of methoxy groups -OCH3 is 1. The van der Waals surface area contributed by atoms with E-state index in [2.05, 4.69) is 10.0 Å². The summed E-state index contributed by atoms with van der Waals surface area (Å²) in [6.45, 7) is 1.42. The highest BCUT2D eigenvalue weighted by Gasteiger charge is 2.26. The van der Waals surface area contributed by atoms with E-state index in [1.165, 1.54) is 19.2 Å². The highest BCUT2D eigenvalue weighted by atomic mass is 32.2. The Bertz CT molecular complexity index is 738. The molecule has 0 spiro atoms. The zero-order chi connectivity index (χ0) is 16.4. The molecular formula is C13H20N2O5S2. The summed E-state index contributed by atoms with van der Waals surface area (Å²) < 4.78 is 56.0. The monoisotopic (exact) mass is 348 g/mol. The topological polar surface area (TPSA) is 102 Å². The minimum atomic E-state index is -3.86. The highest BCUT2D eigenvalue weighted by Crippen LogP contribution is 2.27. The van der Waals surface area contributed by atoms with Crippen LogP contribution in [0.5, 0.6) is 5.75 Å². The Kier molecular flexibility index (Phi) is 5.10. The molecule has 1 saturated heterocycles. The predicted octanol–water partition coefficient (Wildman–Crippen LogP) is 0.129. The van der Waals surface area contributed by atoms with E-state index in [1.807, 2.05) is 0 Å². The number of hydrogen-bond acceptors (Lipinski definition) is 6. The third-order valence-corrected chi connectivity index (χ3v) is 6.12. The zero-order valence-electron chi connectivity index (χ0n) is 12.5. The second-order valence-electron chi connectivity index (χ2n) is 5.25. The summed E-state index contributed by atoms with van der Waals surface area (Å²) in [6, 6.07) is 3.59. The van der Waals surface area contributed by atoms with Gasteiger partial charge in [-0.25, -0.2) is 21.6 Å². The van der Waals surface area contributed by atoms with Crippen molar-refractivity contribution in [3.8, 4) is 5.75 Å². The molecule has 0 bridgehead atoms. The van der Waals surface area contributed by atoms with Gasteiger partial charge in [0.25, 0.3) is 0 Å².